The van der Waals surface area contributed by atoms with Crippen molar-refractivity contribution in [2.45, 2.75) is 12.2 Å². The molecule has 58 valence electrons. The van der Waals surface area contributed by atoms with Gasteiger partial charge in [-0.1, -0.05) is 11.8 Å². The largest absolute Gasteiger partial charge is 0.395 e. The van der Waals surface area contributed by atoms with Gasteiger partial charge in [0.2, 0.25) is 0 Å². The van der Waals surface area contributed by atoms with Crippen molar-refractivity contribution in [2.24, 2.45) is 4.99 Å². The first-order valence-electron chi connectivity index (χ1n) is 3.42. The van der Waals surface area contributed by atoms with Gasteiger partial charge in [-0.15, -0.1) is 0 Å². The molecule has 1 atom stereocenters. The summed E-state index contributed by atoms with van der Waals surface area (Å²) in [4.78, 5) is 4.19. The highest BCUT2D eigenvalue weighted by Gasteiger charge is 2.17. The van der Waals surface area contributed by atoms with Crippen molar-refractivity contribution in [3.8, 4) is 0 Å². The normalized spacial score (nSPS) is 24.6. The lowest BCUT2D eigenvalue weighted by molar-refractivity contribution is 0.297. The van der Waals surface area contributed by atoms with Crippen molar-refractivity contribution >= 4 is 16.9 Å². The SMILES string of the molecule is CCNC1=NCC(CO)S1. The Kier molecular flexibility index (Phi) is 3.02. The van der Waals surface area contributed by atoms with Gasteiger partial charge in [-0.2, -0.15) is 0 Å². The van der Waals surface area contributed by atoms with Crippen LogP contribution in [0.1, 0.15) is 6.92 Å². The van der Waals surface area contributed by atoms with Crippen LogP contribution in [0, 0.1) is 0 Å². The van der Waals surface area contributed by atoms with Crippen LogP contribution in [-0.2, 0) is 0 Å². The van der Waals surface area contributed by atoms with Gasteiger partial charge in [0.1, 0.15) is 0 Å². The summed E-state index contributed by atoms with van der Waals surface area (Å²) in [5.74, 6) is 0. The van der Waals surface area contributed by atoms with E-state index in [2.05, 4.69) is 10.3 Å². The van der Waals surface area contributed by atoms with E-state index in [1.165, 1.54) is 0 Å². The summed E-state index contributed by atoms with van der Waals surface area (Å²) >= 11 is 1.62. The number of aliphatic hydroxyl groups is 1. The van der Waals surface area contributed by atoms with Gasteiger partial charge >= 0.3 is 0 Å². The smallest absolute Gasteiger partial charge is 0.156 e. The zero-order valence-electron chi connectivity index (χ0n) is 6.00. The van der Waals surface area contributed by atoms with Gasteiger partial charge in [0.15, 0.2) is 5.17 Å². The average molecular weight is 160 g/mol. The van der Waals surface area contributed by atoms with Crippen molar-refractivity contribution in [1.29, 1.82) is 0 Å². The summed E-state index contributed by atoms with van der Waals surface area (Å²) in [5.41, 5.74) is 0. The van der Waals surface area contributed by atoms with Crippen molar-refractivity contribution < 1.29 is 5.11 Å². The number of thioether (sulfide) groups is 1. The van der Waals surface area contributed by atoms with Crippen molar-refractivity contribution in [3.63, 3.8) is 0 Å². The van der Waals surface area contributed by atoms with Crippen LogP contribution in [0.5, 0.6) is 0 Å². The van der Waals surface area contributed by atoms with E-state index in [1.54, 1.807) is 11.8 Å². The number of aliphatic hydroxyl groups excluding tert-OH is 1. The van der Waals surface area contributed by atoms with E-state index in [4.69, 9.17) is 5.11 Å². The lowest BCUT2D eigenvalue weighted by atomic mass is 10.4. The van der Waals surface area contributed by atoms with Crippen LogP contribution in [0.2, 0.25) is 0 Å². The third-order valence-electron chi connectivity index (χ3n) is 1.25. The molecule has 0 aromatic rings. The van der Waals surface area contributed by atoms with E-state index in [-0.39, 0.29) is 11.9 Å². The highest BCUT2D eigenvalue weighted by Crippen LogP contribution is 2.18. The average Bonchev–Trinajstić information content (AvgIpc) is 2.37. The molecule has 0 saturated heterocycles. The van der Waals surface area contributed by atoms with E-state index in [0.29, 0.717) is 0 Å². The minimum Gasteiger partial charge on any atom is -0.395 e. The third kappa shape index (κ3) is 1.88. The zero-order chi connectivity index (χ0) is 7.40. The molecular formula is C6H12N2OS. The van der Waals surface area contributed by atoms with Gasteiger partial charge in [-0.3, -0.25) is 4.99 Å². The van der Waals surface area contributed by atoms with E-state index in [1.807, 2.05) is 6.92 Å². The molecule has 0 amide bonds. The maximum Gasteiger partial charge on any atom is 0.156 e. The van der Waals surface area contributed by atoms with Crippen LogP contribution in [0.25, 0.3) is 0 Å². The van der Waals surface area contributed by atoms with Gasteiger partial charge < -0.3 is 10.4 Å². The molecule has 10 heavy (non-hydrogen) atoms. The summed E-state index contributed by atoms with van der Waals surface area (Å²) in [7, 11) is 0. The van der Waals surface area contributed by atoms with E-state index < -0.39 is 0 Å². The van der Waals surface area contributed by atoms with Crippen molar-refractivity contribution in [2.75, 3.05) is 19.7 Å². The summed E-state index contributed by atoms with van der Waals surface area (Å²) in [5, 5.41) is 13.1. The minimum atomic E-state index is 0.225. The van der Waals surface area contributed by atoms with Gasteiger partial charge in [0, 0.05) is 6.54 Å². The Morgan fingerprint density at radius 1 is 1.90 bits per heavy atom. The first-order chi connectivity index (χ1) is 4.86. The van der Waals surface area contributed by atoms with Gasteiger partial charge in [0.05, 0.1) is 18.4 Å². The number of aliphatic imine (C=N–C) groups is 1. The molecule has 1 aliphatic heterocycles. The molecule has 0 saturated carbocycles. The van der Waals surface area contributed by atoms with Crippen LogP contribution >= 0.6 is 11.8 Å². The summed E-state index contributed by atoms with van der Waals surface area (Å²) in [6.45, 7) is 3.92. The molecule has 0 radical (unpaired) electrons. The summed E-state index contributed by atoms with van der Waals surface area (Å²) < 4.78 is 0. The van der Waals surface area contributed by atoms with E-state index in [0.717, 1.165) is 18.3 Å². The van der Waals surface area contributed by atoms with Crippen LogP contribution in [0.4, 0.5) is 0 Å². The first-order valence-corrected chi connectivity index (χ1v) is 4.30. The van der Waals surface area contributed by atoms with E-state index >= 15 is 0 Å². The second kappa shape index (κ2) is 3.83. The predicted octanol–water partition coefficient (Wildman–Crippen LogP) is 0.0596. The lowest BCUT2D eigenvalue weighted by Gasteiger charge is -2.02. The number of hydrogen-bond donors (Lipinski definition) is 2. The minimum absolute atomic E-state index is 0.225. The van der Waals surface area contributed by atoms with Gasteiger partial charge in [-0.25, -0.2) is 0 Å². The molecule has 0 spiro atoms. The first kappa shape index (κ1) is 7.88. The fourth-order valence-corrected chi connectivity index (χ4v) is 1.68. The molecule has 1 aliphatic rings. The molecule has 3 nitrogen and oxygen atoms in total. The Morgan fingerprint density at radius 3 is 3.20 bits per heavy atom. The summed E-state index contributed by atoms with van der Waals surface area (Å²) in [6.07, 6.45) is 0. The van der Waals surface area contributed by atoms with Crippen LogP contribution in [0.3, 0.4) is 0 Å². The number of hydrogen-bond acceptors (Lipinski definition) is 4. The topological polar surface area (TPSA) is 44.6 Å². The van der Waals surface area contributed by atoms with Gasteiger partial charge in [-0.05, 0) is 6.92 Å². The highest BCUT2D eigenvalue weighted by atomic mass is 32.2. The maximum atomic E-state index is 8.73. The second-order valence-electron chi connectivity index (χ2n) is 2.10. The standard InChI is InChI=1S/C6H12N2OS/c1-2-7-6-8-3-5(4-9)10-6/h5,9H,2-4H2,1H3,(H,7,8). The molecular weight excluding hydrogens is 148 g/mol. The number of rotatable bonds is 2. The lowest BCUT2D eigenvalue weighted by Crippen LogP contribution is -2.19. The molecule has 2 N–H and O–H groups in total. The molecule has 1 heterocycles. The highest BCUT2D eigenvalue weighted by molar-refractivity contribution is 8.14. The Bertz CT molecular complexity index is 138. The Morgan fingerprint density at radius 2 is 2.70 bits per heavy atom. The van der Waals surface area contributed by atoms with E-state index in [9.17, 15) is 0 Å². The van der Waals surface area contributed by atoms with Crippen LogP contribution < -0.4 is 5.32 Å². The van der Waals surface area contributed by atoms with Crippen LogP contribution in [-0.4, -0.2) is 35.2 Å². The fourth-order valence-electron chi connectivity index (χ4n) is 0.761. The zero-order valence-corrected chi connectivity index (χ0v) is 6.82. The Balaban J connectivity index is 2.25. The van der Waals surface area contributed by atoms with Crippen molar-refractivity contribution in [1.82, 2.24) is 5.32 Å². The predicted molar refractivity (Wildman–Crippen MR) is 44.4 cm³/mol. The Hall–Kier alpha value is -0.220. The molecule has 0 aliphatic carbocycles. The molecule has 0 bridgehead atoms. The van der Waals surface area contributed by atoms with Crippen molar-refractivity contribution in [3.05, 3.63) is 0 Å². The number of nitrogens with one attached hydrogen (secondary N) is 1. The molecule has 0 fully saturated rings. The number of amidine groups is 1. The third-order valence-corrected chi connectivity index (χ3v) is 2.38. The van der Waals surface area contributed by atoms with Gasteiger partial charge in [0.25, 0.3) is 0 Å². The molecule has 0 aromatic heterocycles. The van der Waals surface area contributed by atoms with Crippen LogP contribution in [0.15, 0.2) is 4.99 Å². The summed E-state index contributed by atoms with van der Waals surface area (Å²) in [6, 6.07) is 0. The monoisotopic (exact) mass is 160 g/mol. The molecule has 1 unspecified atom stereocenters. The quantitative estimate of drug-likeness (QED) is 0.600. The molecule has 0 aromatic carbocycles. The Labute approximate surface area is 64.9 Å². The second-order valence-corrected chi connectivity index (χ2v) is 3.39. The molecule has 4 heteroatoms. The molecule has 1 rings (SSSR count). The maximum absolute atomic E-state index is 8.73. The number of nitrogens with zero attached hydrogens (tertiary/aromatic N) is 1. The fraction of sp³-hybridized carbons (Fsp3) is 0.833.